The van der Waals surface area contributed by atoms with E-state index >= 15 is 0 Å². The van der Waals surface area contributed by atoms with Crippen LogP contribution >= 0.6 is 11.8 Å². The maximum atomic E-state index is 5.91. The Morgan fingerprint density at radius 1 is 1.44 bits per heavy atom. The van der Waals surface area contributed by atoms with Crippen LogP contribution in [-0.4, -0.2) is 55.3 Å². The third-order valence-electron chi connectivity index (χ3n) is 3.29. The summed E-state index contributed by atoms with van der Waals surface area (Å²) in [5, 5.41) is 0. The van der Waals surface area contributed by atoms with Crippen molar-refractivity contribution in [1.82, 2.24) is 4.90 Å². The second kappa shape index (κ2) is 8.34. The van der Waals surface area contributed by atoms with E-state index in [1.54, 1.807) is 0 Å². The first-order chi connectivity index (χ1) is 7.55. The van der Waals surface area contributed by atoms with Crippen LogP contribution in [0.1, 0.15) is 27.2 Å². The third kappa shape index (κ3) is 4.62. The van der Waals surface area contributed by atoms with E-state index in [4.69, 9.17) is 10.5 Å². The van der Waals surface area contributed by atoms with Crippen LogP contribution in [-0.2, 0) is 4.74 Å². The summed E-state index contributed by atoms with van der Waals surface area (Å²) >= 11 is 1.89. The summed E-state index contributed by atoms with van der Waals surface area (Å²) < 4.78 is 5.56. The molecule has 0 heterocycles. The predicted octanol–water partition coefficient (Wildman–Crippen LogP) is 1.81. The third-order valence-corrected chi connectivity index (χ3v) is 4.00. The smallest absolute Gasteiger partial charge is 0.0659 e. The van der Waals surface area contributed by atoms with Gasteiger partial charge in [0.2, 0.25) is 0 Å². The molecular weight excluding hydrogens is 220 g/mol. The van der Waals surface area contributed by atoms with Crippen molar-refractivity contribution in [2.75, 3.05) is 38.8 Å². The van der Waals surface area contributed by atoms with E-state index in [-0.39, 0.29) is 5.54 Å². The van der Waals surface area contributed by atoms with Gasteiger partial charge in [0.15, 0.2) is 0 Å². The molecule has 16 heavy (non-hydrogen) atoms. The zero-order chi connectivity index (χ0) is 12.6. The van der Waals surface area contributed by atoms with Crippen LogP contribution in [0.15, 0.2) is 0 Å². The molecule has 0 fully saturated rings. The van der Waals surface area contributed by atoms with Crippen LogP contribution in [0, 0.1) is 0 Å². The first-order valence-electron chi connectivity index (χ1n) is 6.05. The van der Waals surface area contributed by atoms with Gasteiger partial charge < -0.3 is 10.5 Å². The Bertz CT molecular complexity index is 180. The minimum atomic E-state index is -0.0492. The maximum Gasteiger partial charge on any atom is 0.0659 e. The van der Waals surface area contributed by atoms with Crippen molar-refractivity contribution in [3.8, 4) is 0 Å². The SMILES string of the molecule is CCOCC(C)(CN)N(C)C(CC)CSC. The molecule has 2 unspecified atom stereocenters. The van der Waals surface area contributed by atoms with Gasteiger partial charge in [-0.15, -0.1) is 0 Å². The second-order valence-corrected chi connectivity index (χ2v) is 5.38. The number of ether oxygens (including phenoxy) is 1. The number of thioether (sulfide) groups is 1. The van der Waals surface area contributed by atoms with E-state index in [1.165, 1.54) is 0 Å². The predicted molar refractivity (Wildman–Crippen MR) is 74.2 cm³/mol. The van der Waals surface area contributed by atoms with E-state index in [1.807, 2.05) is 18.7 Å². The zero-order valence-electron chi connectivity index (χ0n) is 11.5. The van der Waals surface area contributed by atoms with Crippen molar-refractivity contribution >= 4 is 11.8 Å². The van der Waals surface area contributed by atoms with Crippen LogP contribution < -0.4 is 5.73 Å². The summed E-state index contributed by atoms with van der Waals surface area (Å²) in [7, 11) is 2.16. The van der Waals surface area contributed by atoms with E-state index in [9.17, 15) is 0 Å². The van der Waals surface area contributed by atoms with Crippen molar-refractivity contribution in [3.05, 3.63) is 0 Å². The molecule has 2 atom stereocenters. The number of nitrogens with two attached hydrogens (primary N) is 1. The summed E-state index contributed by atoms with van der Waals surface area (Å²) in [5.74, 6) is 1.15. The standard InChI is InChI=1S/C12H28N2OS/c1-6-11(8-16-5)14(4)12(3,9-13)10-15-7-2/h11H,6-10,13H2,1-5H3. The van der Waals surface area contributed by atoms with E-state index in [0.717, 1.165) is 18.8 Å². The van der Waals surface area contributed by atoms with Crippen molar-refractivity contribution < 1.29 is 4.74 Å². The molecule has 0 aliphatic rings. The average molecular weight is 248 g/mol. The molecule has 0 aromatic carbocycles. The van der Waals surface area contributed by atoms with Gasteiger partial charge in [0.25, 0.3) is 0 Å². The maximum absolute atomic E-state index is 5.91. The van der Waals surface area contributed by atoms with Crippen molar-refractivity contribution in [1.29, 1.82) is 0 Å². The van der Waals surface area contributed by atoms with Gasteiger partial charge in [-0.3, -0.25) is 4.90 Å². The first-order valence-corrected chi connectivity index (χ1v) is 7.44. The fourth-order valence-electron chi connectivity index (χ4n) is 1.76. The Morgan fingerprint density at radius 3 is 2.44 bits per heavy atom. The number of hydrogen-bond acceptors (Lipinski definition) is 4. The van der Waals surface area contributed by atoms with E-state index in [2.05, 4.69) is 32.1 Å². The fraction of sp³-hybridized carbons (Fsp3) is 1.00. The largest absolute Gasteiger partial charge is 0.380 e. The monoisotopic (exact) mass is 248 g/mol. The molecule has 2 N–H and O–H groups in total. The highest BCUT2D eigenvalue weighted by atomic mass is 32.2. The number of nitrogens with zero attached hydrogens (tertiary/aromatic N) is 1. The van der Waals surface area contributed by atoms with Crippen LogP contribution in [0.4, 0.5) is 0 Å². The van der Waals surface area contributed by atoms with Crippen molar-refractivity contribution in [3.63, 3.8) is 0 Å². The van der Waals surface area contributed by atoms with Crippen LogP contribution in [0.2, 0.25) is 0 Å². The molecule has 4 heteroatoms. The molecule has 0 spiro atoms. The van der Waals surface area contributed by atoms with Crippen molar-refractivity contribution in [2.24, 2.45) is 5.73 Å². The fourth-order valence-corrected chi connectivity index (χ4v) is 2.61. The Labute approximate surface area is 105 Å². The van der Waals surface area contributed by atoms with Gasteiger partial charge in [-0.25, -0.2) is 0 Å². The molecule has 3 nitrogen and oxygen atoms in total. The van der Waals surface area contributed by atoms with Gasteiger partial charge in [0.1, 0.15) is 0 Å². The lowest BCUT2D eigenvalue weighted by Crippen LogP contribution is -2.57. The first kappa shape index (κ1) is 16.2. The Balaban J connectivity index is 4.51. The molecule has 98 valence electrons. The minimum absolute atomic E-state index is 0.0492. The molecule has 0 aliphatic heterocycles. The van der Waals surface area contributed by atoms with Gasteiger partial charge in [-0.1, -0.05) is 6.92 Å². The van der Waals surface area contributed by atoms with Gasteiger partial charge in [0.05, 0.1) is 12.1 Å². The van der Waals surface area contributed by atoms with E-state index in [0.29, 0.717) is 19.2 Å². The molecule has 0 saturated heterocycles. The molecule has 0 aromatic rings. The summed E-state index contributed by atoms with van der Waals surface area (Å²) in [6.07, 6.45) is 3.30. The average Bonchev–Trinajstić information content (AvgIpc) is 2.32. The lowest BCUT2D eigenvalue weighted by atomic mass is 9.99. The Kier molecular flexibility index (Phi) is 8.46. The number of hydrogen-bond donors (Lipinski definition) is 1. The highest BCUT2D eigenvalue weighted by Crippen LogP contribution is 2.19. The van der Waals surface area contributed by atoms with Crippen LogP contribution in [0.25, 0.3) is 0 Å². The summed E-state index contributed by atoms with van der Waals surface area (Å²) in [5.41, 5.74) is 5.86. The molecule has 0 aromatic heterocycles. The van der Waals surface area contributed by atoms with E-state index < -0.39 is 0 Å². The lowest BCUT2D eigenvalue weighted by Gasteiger charge is -2.42. The zero-order valence-corrected chi connectivity index (χ0v) is 12.3. The summed E-state index contributed by atoms with van der Waals surface area (Å²) in [6, 6.07) is 0.573. The van der Waals surface area contributed by atoms with Crippen LogP contribution in [0.5, 0.6) is 0 Å². The minimum Gasteiger partial charge on any atom is -0.380 e. The second-order valence-electron chi connectivity index (χ2n) is 4.47. The summed E-state index contributed by atoms with van der Waals surface area (Å²) in [4.78, 5) is 2.39. The topological polar surface area (TPSA) is 38.5 Å². The molecule has 0 aliphatic carbocycles. The van der Waals surface area contributed by atoms with Gasteiger partial charge in [0, 0.05) is 24.9 Å². The normalized spacial score (nSPS) is 17.4. The number of rotatable bonds is 9. The molecule has 0 bridgehead atoms. The highest BCUT2D eigenvalue weighted by Gasteiger charge is 2.31. The summed E-state index contributed by atoms with van der Waals surface area (Å²) in [6.45, 7) is 8.54. The Morgan fingerprint density at radius 2 is 2.06 bits per heavy atom. The molecule has 0 radical (unpaired) electrons. The molecule has 0 saturated carbocycles. The molecule has 0 amide bonds. The number of likely N-dealkylation sites (N-methyl/N-ethyl adjacent to an activating group) is 1. The lowest BCUT2D eigenvalue weighted by molar-refractivity contribution is 0.00628. The molecule has 0 rings (SSSR count). The van der Waals surface area contributed by atoms with Gasteiger partial charge in [-0.05, 0) is 33.6 Å². The van der Waals surface area contributed by atoms with Crippen molar-refractivity contribution in [2.45, 2.75) is 38.8 Å². The van der Waals surface area contributed by atoms with Gasteiger partial charge in [-0.2, -0.15) is 11.8 Å². The highest BCUT2D eigenvalue weighted by molar-refractivity contribution is 7.98. The Hall–Kier alpha value is 0.230. The van der Waals surface area contributed by atoms with Crippen LogP contribution in [0.3, 0.4) is 0 Å². The molecular formula is C12H28N2OS. The quantitative estimate of drug-likeness (QED) is 0.675. The van der Waals surface area contributed by atoms with Gasteiger partial charge >= 0.3 is 0 Å².